The molecule has 86 valence electrons. The minimum atomic E-state index is 0.597. The molecule has 0 unspecified atom stereocenters. The van der Waals surface area contributed by atoms with Crippen molar-refractivity contribution in [3.8, 4) is 0 Å². The molecule has 1 aromatic rings. The summed E-state index contributed by atoms with van der Waals surface area (Å²) in [7, 11) is 0. The summed E-state index contributed by atoms with van der Waals surface area (Å²) in [5, 5.41) is 8.77. The third kappa shape index (κ3) is 2.74. The van der Waals surface area contributed by atoms with E-state index in [0.717, 1.165) is 23.7 Å². The third-order valence-corrected chi connectivity index (χ3v) is 3.08. The lowest BCUT2D eigenvalue weighted by molar-refractivity contribution is 0.0670. The molecule has 4 heteroatoms. The molecule has 3 nitrogen and oxygen atoms in total. The molecule has 2 rings (SSSR count). The number of rotatable bonds is 2. The van der Waals surface area contributed by atoms with E-state index in [1.165, 1.54) is 0 Å². The lowest BCUT2D eigenvalue weighted by atomic mass is 10.1. The van der Waals surface area contributed by atoms with Crippen LogP contribution in [0.3, 0.4) is 0 Å². The topological polar surface area (TPSA) is 36.3 Å². The minimum Gasteiger partial charge on any atom is -0.378 e. The van der Waals surface area contributed by atoms with Gasteiger partial charge in [0.25, 0.3) is 0 Å². The highest BCUT2D eigenvalue weighted by molar-refractivity contribution is 6.31. The van der Waals surface area contributed by atoms with Crippen molar-refractivity contribution in [1.82, 2.24) is 4.90 Å². The summed E-state index contributed by atoms with van der Waals surface area (Å²) in [4.78, 5) is 2.05. The van der Waals surface area contributed by atoms with Crippen molar-refractivity contribution < 1.29 is 4.74 Å². The van der Waals surface area contributed by atoms with Crippen LogP contribution in [0.1, 0.15) is 5.56 Å². The van der Waals surface area contributed by atoms with Crippen molar-refractivity contribution in [1.29, 1.82) is 5.41 Å². The average molecular weight is 239 g/mol. The Morgan fingerprint density at radius 3 is 2.69 bits per heavy atom. The smallest absolute Gasteiger partial charge is 0.100 e. The lowest BCUT2D eigenvalue weighted by Gasteiger charge is -2.29. The van der Waals surface area contributed by atoms with Crippen LogP contribution in [0, 0.1) is 5.41 Å². The predicted octanol–water partition coefficient (Wildman–Crippen LogP) is 2.19. The minimum absolute atomic E-state index is 0.597. The molecule has 0 radical (unpaired) electrons. The van der Waals surface area contributed by atoms with Crippen LogP contribution < -0.4 is 0 Å². The number of halogens is 1. The molecule has 1 saturated heterocycles. The van der Waals surface area contributed by atoms with E-state index in [0.29, 0.717) is 25.5 Å². The van der Waals surface area contributed by atoms with E-state index in [-0.39, 0.29) is 0 Å². The summed E-state index contributed by atoms with van der Waals surface area (Å²) in [5.41, 5.74) is 1.01. The normalized spacial score (nSPS) is 16.2. The van der Waals surface area contributed by atoms with E-state index in [1.807, 2.05) is 29.2 Å². The molecule has 0 amide bonds. The van der Waals surface area contributed by atoms with Gasteiger partial charge in [0.1, 0.15) is 5.84 Å². The van der Waals surface area contributed by atoms with Gasteiger partial charge in [0, 0.05) is 24.5 Å². The first kappa shape index (κ1) is 11.4. The van der Waals surface area contributed by atoms with Crippen LogP contribution in [0.15, 0.2) is 24.3 Å². The zero-order valence-electron chi connectivity index (χ0n) is 9.08. The Balaban J connectivity index is 1.99. The Kier molecular flexibility index (Phi) is 3.80. The Bertz CT molecular complexity index is 375. The fraction of sp³-hybridized carbons (Fsp3) is 0.417. The molecule has 1 heterocycles. The molecule has 1 aliphatic heterocycles. The molecule has 1 aliphatic rings. The molecule has 0 bridgehead atoms. The van der Waals surface area contributed by atoms with Gasteiger partial charge in [-0.3, -0.25) is 5.41 Å². The van der Waals surface area contributed by atoms with Gasteiger partial charge in [-0.1, -0.05) is 29.8 Å². The van der Waals surface area contributed by atoms with Crippen molar-refractivity contribution >= 4 is 17.4 Å². The SMILES string of the molecule is N=C(Cc1ccccc1Cl)N1CCOCC1. The highest BCUT2D eigenvalue weighted by Crippen LogP contribution is 2.16. The van der Waals surface area contributed by atoms with Gasteiger partial charge in [0.05, 0.1) is 13.2 Å². The maximum Gasteiger partial charge on any atom is 0.100 e. The number of morpholine rings is 1. The highest BCUT2D eigenvalue weighted by atomic mass is 35.5. The Labute approximate surface area is 100 Å². The third-order valence-electron chi connectivity index (χ3n) is 2.71. The molecule has 0 atom stereocenters. The number of nitrogens with one attached hydrogen (secondary N) is 1. The van der Waals surface area contributed by atoms with Crippen LogP contribution in [0.25, 0.3) is 0 Å². The molecule has 0 aromatic heterocycles. The van der Waals surface area contributed by atoms with Crippen molar-refractivity contribution in [3.05, 3.63) is 34.9 Å². The summed E-state index contributed by atoms with van der Waals surface area (Å²) >= 11 is 6.07. The second kappa shape index (κ2) is 5.32. The number of ether oxygens (including phenoxy) is 1. The first-order valence-electron chi connectivity index (χ1n) is 5.41. The van der Waals surface area contributed by atoms with Gasteiger partial charge in [-0.25, -0.2) is 0 Å². The first-order chi connectivity index (χ1) is 7.77. The highest BCUT2D eigenvalue weighted by Gasteiger charge is 2.14. The van der Waals surface area contributed by atoms with E-state index < -0.39 is 0 Å². The van der Waals surface area contributed by atoms with E-state index in [9.17, 15) is 0 Å². The molecule has 1 fully saturated rings. The molecule has 16 heavy (non-hydrogen) atoms. The van der Waals surface area contributed by atoms with Gasteiger partial charge in [0.15, 0.2) is 0 Å². The summed E-state index contributed by atoms with van der Waals surface area (Å²) in [6, 6.07) is 7.69. The Hall–Kier alpha value is -1.06. The summed E-state index contributed by atoms with van der Waals surface area (Å²) in [6.07, 6.45) is 0.597. The van der Waals surface area contributed by atoms with E-state index >= 15 is 0 Å². The molecular formula is C12H15ClN2O. The fourth-order valence-corrected chi connectivity index (χ4v) is 1.97. The second-order valence-corrected chi connectivity index (χ2v) is 4.22. The zero-order chi connectivity index (χ0) is 11.4. The van der Waals surface area contributed by atoms with Crippen molar-refractivity contribution in [2.45, 2.75) is 6.42 Å². The van der Waals surface area contributed by atoms with Crippen LogP contribution >= 0.6 is 11.6 Å². The van der Waals surface area contributed by atoms with Crippen molar-refractivity contribution in [2.24, 2.45) is 0 Å². The first-order valence-corrected chi connectivity index (χ1v) is 5.78. The number of hydrogen-bond acceptors (Lipinski definition) is 2. The van der Waals surface area contributed by atoms with Crippen LogP contribution in [-0.2, 0) is 11.2 Å². The van der Waals surface area contributed by atoms with Crippen LogP contribution in [-0.4, -0.2) is 37.0 Å². The quantitative estimate of drug-likeness (QED) is 0.634. The molecule has 1 aromatic carbocycles. The Morgan fingerprint density at radius 2 is 2.00 bits per heavy atom. The van der Waals surface area contributed by atoms with Gasteiger partial charge < -0.3 is 9.64 Å². The van der Waals surface area contributed by atoms with E-state index in [2.05, 4.69) is 0 Å². The van der Waals surface area contributed by atoms with Crippen LogP contribution in [0.5, 0.6) is 0 Å². The van der Waals surface area contributed by atoms with Gasteiger partial charge in [-0.15, -0.1) is 0 Å². The van der Waals surface area contributed by atoms with E-state index in [1.54, 1.807) is 0 Å². The van der Waals surface area contributed by atoms with Gasteiger partial charge >= 0.3 is 0 Å². The predicted molar refractivity (Wildman–Crippen MR) is 65.3 cm³/mol. The van der Waals surface area contributed by atoms with Crippen LogP contribution in [0.2, 0.25) is 5.02 Å². The Morgan fingerprint density at radius 1 is 1.31 bits per heavy atom. The summed E-state index contributed by atoms with van der Waals surface area (Å²) in [5.74, 6) is 0.622. The van der Waals surface area contributed by atoms with Gasteiger partial charge in [-0.05, 0) is 11.6 Å². The molecule has 0 aliphatic carbocycles. The largest absolute Gasteiger partial charge is 0.378 e. The van der Waals surface area contributed by atoms with Crippen LogP contribution in [0.4, 0.5) is 0 Å². The molecular weight excluding hydrogens is 224 g/mol. The van der Waals surface area contributed by atoms with Gasteiger partial charge in [-0.2, -0.15) is 0 Å². The lowest BCUT2D eigenvalue weighted by Crippen LogP contribution is -2.41. The standard InChI is InChI=1S/C12H15ClN2O/c13-11-4-2-1-3-10(11)9-12(14)15-5-7-16-8-6-15/h1-4,14H,5-9H2. The number of nitrogens with zero attached hydrogens (tertiary/aromatic N) is 1. The molecule has 1 N–H and O–H groups in total. The summed E-state index contributed by atoms with van der Waals surface area (Å²) in [6.45, 7) is 3.04. The van der Waals surface area contributed by atoms with Gasteiger partial charge in [0.2, 0.25) is 0 Å². The van der Waals surface area contributed by atoms with Crippen molar-refractivity contribution in [2.75, 3.05) is 26.3 Å². The van der Waals surface area contributed by atoms with Crippen molar-refractivity contribution in [3.63, 3.8) is 0 Å². The second-order valence-electron chi connectivity index (χ2n) is 3.81. The maximum atomic E-state index is 8.03. The number of hydrogen-bond donors (Lipinski definition) is 1. The summed E-state index contributed by atoms with van der Waals surface area (Å²) < 4.78 is 5.26. The maximum absolute atomic E-state index is 8.03. The fourth-order valence-electron chi connectivity index (χ4n) is 1.77. The zero-order valence-corrected chi connectivity index (χ0v) is 9.83. The van der Waals surface area contributed by atoms with E-state index in [4.69, 9.17) is 21.7 Å². The number of amidine groups is 1. The molecule has 0 saturated carbocycles. The monoisotopic (exact) mass is 238 g/mol. The number of benzene rings is 1. The molecule has 0 spiro atoms. The average Bonchev–Trinajstić information content (AvgIpc) is 2.33.